The molecule has 0 saturated carbocycles. The molecule has 1 aromatic carbocycles. The highest BCUT2D eigenvalue weighted by Crippen LogP contribution is 2.42. The predicted octanol–water partition coefficient (Wildman–Crippen LogP) is 2.60. The van der Waals surface area contributed by atoms with Crippen molar-refractivity contribution in [3.05, 3.63) is 35.9 Å². The molecule has 6 nitrogen and oxygen atoms in total. The zero-order chi connectivity index (χ0) is 17.7. The standard InChI is InChI=1S/C19H26O6/c1-18(2)21-11-13(23-18)14-15-16(25-19(3,4)24-15)17(22-14)20-10-12-8-6-5-7-9-12/h5-9,13-17H,10-11H2,1-4H3/t13?,14-,15?,16?,17?/m0/s1. The second kappa shape index (κ2) is 6.30. The maximum atomic E-state index is 6.14. The van der Waals surface area contributed by atoms with Crippen molar-refractivity contribution in [1.29, 1.82) is 0 Å². The Kier molecular flexibility index (Phi) is 4.38. The topological polar surface area (TPSA) is 55.4 Å². The van der Waals surface area contributed by atoms with Gasteiger partial charge in [-0.15, -0.1) is 0 Å². The van der Waals surface area contributed by atoms with Gasteiger partial charge in [-0.25, -0.2) is 0 Å². The van der Waals surface area contributed by atoms with Crippen molar-refractivity contribution in [2.75, 3.05) is 6.61 Å². The van der Waals surface area contributed by atoms with Gasteiger partial charge in [-0.1, -0.05) is 30.3 Å². The molecule has 25 heavy (non-hydrogen) atoms. The zero-order valence-electron chi connectivity index (χ0n) is 15.1. The first kappa shape index (κ1) is 17.4. The highest BCUT2D eigenvalue weighted by molar-refractivity contribution is 5.13. The molecular weight excluding hydrogens is 324 g/mol. The number of benzene rings is 1. The van der Waals surface area contributed by atoms with E-state index in [2.05, 4.69) is 0 Å². The summed E-state index contributed by atoms with van der Waals surface area (Å²) < 4.78 is 36.0. The van der Waals surface area contributed by atoms with E-state index in [0.717, 1.165) is 5.56 Å². The molecule has 3 aliphatic rings. The van der Waals surface area contributed by atoms with E-state index in [1.165, 1.54) is 0 Å². The molecule has 0 N–H and O–H groups in total. The van der Waals surface area contributed by atoms with Crippen LogP contribution in [0.5, 0.6) is 0 Å². The summed E-state index contributed by atoms with van der Waals surface area (Å²) in [7, 11) is 0. The third-order valence-corrected chi connectivity index (χ3v) is 4.70. The van der Waals surface area contributed by atoms with E-state index in [4.69, 9.17) is 28.4 Å². The van der Waals surface area contributed by atoms with Crippen molar-refractivity contribution < 1.29 is 28.4 Å². The maximum Gasteiger partial charge on any atom is 0.187 e. The largest absolute Gasteiger partial charge is 0.348 e. The minimum Gasteiger partial charge on any atom is -0.348 e. The van der Waals surface area contributed by atoms with Gasteiger partial charge in [-0.05, 0) is 33.3 Å². The number of hydrogen-bond donors (Lipinski definition) is 0. The van der Waals surface area contributed by atoms with Crippen LogP contribution in [0.25, 0.3) is 0 Å². The summed E-state index contributed by atoms with van der Waals surface area (Å²) in [5.74, 6) is -1.28. The first-order chi connectivity index (χ1) is 11.8. The van der Waals surface area contributed by atoms with Gasteiger partial charge in [0.1, 0.15) is 24.4 Å². The fourth-order valence-electron chi connectivity index (χ4n) is 3.65. The third-order valence-electron chi connectivity index (χ3n) is 4.70. The summed E-state index contributed by atoms with van der Waals surface area (Å²) in [4.78, 5) is 0. The second-order valence-electron chi connectivity index (χ2n) is 7.70. The average molecular weight is 350 g/mol. The molecule has 0 aromatic heterocycles. The number of rotatable bonds is 4. The molecule has 0 spiro atoms. The van der Waals surface area contributed by atoms with Crippen LogP contribution in [0.2, 0.25) is 0 Å². The van der Waals surface area contributed by atoms with E-state index in [1.54, 1.807) is 0 Å². The van der Waals surface area contributed by atoms with E-state index in [1.807, 2.05) is 58.0 Å². The summed E-state index contributed by atoms with van der Waals surface area (Å²) in [6, 6.07) is 10.0. The lowest BCUT2D eigenvalue weighted by molar-refractivity contribution is -0.250. The maximum absolute atomic E-state index is 6.14. The van der Waals surface area contributed by atoms with Crippen molar-refractivity contribution in [3.8, 4) is 0 Å². The quantitative estimate of drug-likeness (QED) is 0.832. The Morgan fingerprint density at radius 3 is 2.32 bits per heavy atom. The Hall–Kier alpha value is -1.02. The Balaban J connectivity index is 1.47. The van der Waals surface area contributed by atoms with Gasteiger partial charge in [0.15, 0.2) is 17.9 Å². The Morgan fingerprint density at radius 1 is 0.920 bits per heavy atom. The molecule has 138 valence electrons. The Labute approximate surface area is 148 Å². The molecule has 5 atom stereocenters. The van der Waals surface area contributed by atoms with Crippen LogP contribution in [0.15, 0.2) is 30.3 Å². The summed E-state index contributed by atoms with van der Waals surface area (Å²) in [5, 5.41) is 0. The summed E-state index contributed by atoms with van der Waals surface area (Å²) in [6.07, 6.45) is -1.50. The molecule has 3 fully saturated rings. The molecule has 4 rings (SSSR count). The summed E-state index contributed by atoms with van der Waals surface area (Å²) >= 11 is 0. The first-order valence-electron chi connectivity index (χ1n) is 8.81. The number of ether oxygens (including phenoxy) is 6. The smallest absolute Gasteiger partial charge is 0.187 e. The molecule has 3 aliphatic heterocycles. The van der Waals surface area contributed by atoms with E-state index in [0.29, 0.717) is 13.2 Å². The minimum absolute atomic E-state index is 0.203. The second-order valence-corrected chi connectivity index (χ2v) is 7.70. The fourth-order valence-corrected chi connectivity index (χ4v) is 3.65. The van der Waals surface area contributed by atoms with Gasteiger partial charge in [0.2, 0.25) is 0 Å². The van der Waals surface area contributed by atoms with Crippen LogP contribution in [0, 0.1) is 0 Å². The molecule has 1 aromatic rings. The van der Waals surface area contributed by atoms with Crippen molar-refractivity contribution in [2.24, 2.45) is 0 Å². The molecule has 3 heterocycles. The van der Waals surface area contributed by atoms with Crippen molar-refractivity contribution in [3.63, 3.8) is 0 Å². The summed E-state index contributed by atoms with van der Waals surface area (Å²) in [6.45, 7) is 8.55. The zero-order valence-corrected chi connectivity index (χ0v) is 15.1. The van der Waals surface area contributed by atoms with Crippen LogP contribution in [-0.2, 0) is 35.0 Å². The molecule has 0 radical (unpaired) electrons. The van der Waals surface area contributed by atoms with Crippen LogP contribution in [0.3, 0.4) is 0 Å². The summed E-state index contributed by atoms with van der Waals surface area (Å²) in [5.41, 5.74) is 1.09. The van der Waals surface area contributed by atoms with Gasteiger partial charge in [0.05, 0.1) is 13.2 Å². The van der Waals surface area contributed by atoms with Crippen LogP contribution < -0.4 is 0 Å². The molecule has 6 heteroatoms. The first-order valence-corrected chi connectivity index (χ1v) is 8.81. The lowest BCUT2D eigenvalue weighted by atomic mass is 10.1. The van der Waals surface area contributed by atoms with E-state index in [-0.39, 0.29) is 24.4 Å². The van der Waals surface area contributed by atoms with Crippen molar-refractivity contribution in [2.45, 2.75) is 76.6 Å². The predicted molar refractivity (Wildman–Crippen MR) is 88.6 cm³/mol. The fraction of sp³-hybridized carbons (Fsp3) is 0.684. The number of fused-ring (bicyclic) bond motifs is 1. The van der Waals surface area contributed by atoms with Gasteiger partial charge in [-0.3, -0.25) is 0 Å². The van der Waals surface area contributed by atoms with Crippen molar-refractivity contribution >= 4 is 0 Å². The highest BCUT2D eigenvalue weighted by Gasteiger charge is 2.59. The van der Waals surface area contributed by atoms with E-state index < -0.39 is 17.9 Å². The van der Waals surface area contributed by atoms with Crippen LogP contribution in [0.4, 0.5) is 0 Å². The normalized spacial score (nSPS) is 38.8. The molecule has 4 unspecified atom stereocenters. The van der Waals surface area contributed by atoms with Gasteiger partial charge in [-0.2, -0.15) is 0 Å². The molecule has 0 amide bonds. The van der Waals surface area contributed by atoms with Gasteiger partial charge in [0.25, 0.3) is 0 Å². The van der Waals surface area contributed by atoms with Crippen LogP contribution in [-0.4, -0.2) is 48.9 Å². The molecule has 0 aliphatic carbocycles. The lowest BCUT2D eigenvalue weighted by Crippen LogP contribution is -2.40. The van der Waals surface area contributed by atoms with E-state index >= 15 is 0 Å². The average Bonchev–Trinajstić information content (AvgIpc) is 3.17. The van der Waals surface area contributed by atoms with E-state index in [9.17, 15) is 0 Å². The minimum atomic E-state index is -0.666. The monoisotopic (exact) mass is 350 g/mol. The SMILES string of the molecule is CC1(C)OCC([C@@H]2OC(OCc3ccccc3)C3OC(C)(C)OC32)O1. The highest BCUT2D eigenvalue weighted by atomic mass is 16.8. The van der Waals surface area contributed by atoms with Crippen molar-refractivity contribution in [1.82, 2.24) is 0 Å². The molecule has 0 bridgehead atoms. The van der Waals surface area contributed by atoms with Gasteiger partial charge < -0.3 is 28.4 Å². The van der Waals surface area contributed by atoms with Gasteiger partial charge in [0, 0.05) is 0 Å². The molecular formula is C19H26O6. The molecule has 3 saturated heterocycles. The Morgan fingerprint density at radius 2 is 1.64 bits per heavy atom. The van der Waals surface area contributed by atoms with Gasteiger partial charge >= 0.3 is 0 Å². The Bertz CT molecular complexity index is 601. The van der Waals surface area contributed by atoms with Crippen LogP contribution >= 0.6 is 0 Å². The third kappa shape index (κ3) is 3.60. The van der Waals surface area contributed by atoms with Crippen LogP contribution in [0.1, 0.15) is 33.3 Å². The number of hydrogen-bond acceptors (Lipinski definition) is 6. The lowest BCUT2D eigenvalue weighted by Gasteiger charge is -2.27.